The second-order valence-electron chi connectivity index (χ2n) is 6.03. The molecule has 1 fully saturated rings. The highest BCUT2D eigenvalue weighted by Gasteiger charge is 2.55. The van der Waals surface area contributed by atoms with Crippen molar-refractivity contribution in [2.45, 2.75) is 31.2 Å². The van der Waals surface area contributed by atoms with Crippen LogP contribution < -0.4 is 9.67 Å². The van der Waals surface area contributed by atoms with Crippen LogP contribution in [0.2, 0.25) is 0 Å². The summed E-state index contributed by atoms with van der Waals surface area (Å²) in [5.41, 5.74) is -0.0289. The van der Waals surface area contributed by atoms with Crippen LogP contribution in [0.4, 0.5) is 0 Å². The minimum absolute atomic E-state index is 0.0289. The molecule has 0 radical (unpaired) electrons. The Balaban J connectivity index is 1.81. The van der Waals surface area contributed by atoms with E-state index in [2.05, 4.69) is 0 Å². The van der Waals surface area contributed by atoms with Gasteiger partial charge in [-0.1, -0.05) is 0 Å². The van der Waals surface area contributed by atoms with Crippen molar-refractivity contribution in [2.75, 3.05) is 0 Å². The van der Waals surface area contributed by atoms with Crippen LogP contribution in [0.15, 0.2) is 23.0 Å². The maximum Gasteiger partial charge on any atom is 0.266 e. The molecule has 1 aromatic rings. The lowest BCUT2D eigenvalue weighted by molar-refractivity contribution is -0.677. The number of β-lactam (4-membered cyclic amide) rings is 1. The molecule has 1 N–H and O–H groups in total. The van der Waals surface area contributed by atoms with Crippen LogP contribution in [0, 0.1) is 5.92 Å². The molecule has 1 saturated heterocycles. The van der Waals surface area contributed by atoms with Crippen molar-refractivity contribution in [3.8, 4) is 0 Å². The number of thioether (sulfide) groups is 1. The molecule has 0 bridgehead atoms. The topological polar surface area (TPSA) is 89.5 Å². The minimum Gasteiger partial charge on any atom is -0.543 e. The number of carbonyl (C=O) groups is 2. The van der Waals surface area contributed by atoms with E-state index < -0.39 is 18.0 Å². The number of carboxylic acids is 1. The smallest absolute Gasteiger partial charge is 0.266 e. The molecule has 23 heavy (non-hydrogen) atoms. The highest BCUT2D eigenvalue weighted by molar-refractivity contribution is 8.02. The van der Waals surface area contributed by atoms with Gasteiger partial charge in [-0.2, -0.15) is 0 Å². The molecular weight excluding hydrogens is 318 g/mol. The third kappa shape index (κ3) is 2.46. The molecule has 8 heteroatoms. The molecule has 124 valence electrons. The number of imidazole rings is 1. The van der Waals surface area contributed by atoms with Crippen LogP contribution in [-0.4, -0.2) is 38.6 Å². The average molecular weight is 337 g/mol. The number of nitrogens with zero attached hydrogens (tertiary/aromatic N) is 3. The third-order valence-corrected chi connectivity index (χ3v) is 5.70. The summed E-state index contributed by atoms with van der Waals surface area (Å²) in [7, 11) is 3.86. The van der Waals surface area contributed by atoms with Gasteiger partial charge in [0.05, 0.1) is 49.6 Å². The zero-order valence-corrected chi connectivity index (χ0v) is 14.0. The van der Waals surface area contributed by atoms with Crippen molar-refractivity contribution in [1.29, 1.82) is 0 Å². The fourth-order valence-corrected chi connectivity index (χ4v) is 4.64. The Hall–Kier alpha value is -1.80. The maximum atomic E-state index is 12.1. The number of aliphatic carboxylic acids is 1. The highest BCUT2D eigenvalue weighted by Crippen LogP contribution is 2.47. The van der Waals surface area contributed by atoms with Gasteiger partial charge < -0.3 is 19.9 Å². The summed E-state index contributed by atoms with van der Waals surface area (Å²) in [5, 5.41) is 21.2. The molecule has 2 aliphatic heterocycles. The van der Waals surface area contributed by atoms with E-state index in [1.54, 1.807) is 6.92 Å². The van der Waals surface area contributed by atoms with Crippen molar-refractivity contribution in [3.63, 3.8) is 0 Å². The number of rotatable bonds is 5. The van der Waals surface area contributed by atoms with Gasteiger partial charge in [0.2, 0.25) is 5.91 Å². The van der Waals surface area contributed by atoms with Gasteiger partial charge in [-0.05, 0) is 6.92 Å². The molecule has 3 atom stereocenters. The Morgan fingerprint density at radius 1 is 1.61 bits per heavy atom. The molecule has 0 spiro atoms. The van der Waals surface area contributed by atoms with Crippen LogP contribution in [0.3, 0.4) is 0 Å². The Bertz CT molecular complexity index is 690. The van der Waals surface area contributed by atoms with E-state index in [0.717, 1.165) is 5.82 Å². The average Bonchev–Trinajstić information content (AvgIpc) is 2.95. The molecule has 0 aliphatic carbocycles. The number of aliphatic hydroxyl groups excluding tert-OH is 1. The molecule has 3 heterocycles. The van der Waals surface area contributed by atoms with E-state index in [1.807, 2.05) is 35.6 Å². The number of amides is 1. The monoisotopic (exact) mass is 337 g/mol. The van der Waals surface area contributed by atoms with E-state index in [9.17, 15) is 19.8 Å². The van der Waals surface area contributed by atoms with Crippen molar-refractivity contribution < 1.29 is 24.4 Å². The van der Waals surface area contributed by atoms with E-state index in [1.165, 1.54) is 16.7 Å². The molecule has 3 rings (SSSR count). The van der Waals surface area contributed by atoms with Crippen LogP contribution in [0.25, 0.3) is 0 Å². The molecule has 0 saturated carbocycles. The SMILES string of the molecule is CC(O)[C@H]1C(=O)N2C(C(=O)[O-])=C(SCc3n(C)cc[n+]3C)CC12. The summed E-state index contributed by atoms with van der Waals surface area (Å²) in [6, 6.07) is -0.264. The van der Waals surface area contributed by atoms with E-state index in [0.29, 0.717) is 17.1 Å². The van der Waals surface area contributed by atoms with Gasteiger partial charge in [-0.25, -0.2) is 9.13 Å². The summed E-state index contributed by atoms with van der Waals surface area (Å²) in [6.07, 6.45) is 3.54. The Labute approximate surface area is 138 Å². The molecular formula is C15H19N3O4S. The van der Waals surface area contributed by atoms with E-state index in [4.69, 9.17) is 0 Å². The Morgan fingerprint density at radius 3 is 2.83 bits per heavy atom. The predicted octanol–water partition coefficient (Wildman–Crippen LogP) is -1.34. The number of hydrogen-bond acceptors (Lipinski definition) is 5. The first-order valence-corrected chi connectivity index (χ1v) is 8.39. The fraction of sp³-hybridized carbons (Fsp3) is 0.533. The van der Waals surface area contributed by atoms with Gasteiger partial charge in [0.25, 0.3) is 5.82 Å². The summed E-state index contributed by atoms with van der Waals surface area (Å²) in [6.45, 7) is 1.56. The third-order valence-electron chi connectivity index (χ3n) is 4.59. The summed E-state index contributed by atoms with van der Waals surface area (Å²) >= 11 is 1.41. The fourth-order valence-electron chi connectivity index (χ4n) is 3.33. The lowest BCUT2D eigenvalue weighted by Gasteiger charge is -2.45. The van der Waals surface area contributed by atoms with Crippen molar-refractivity contribution >= 4 is 23.6 Å². The first-order valence-electron chi connectivity index (χ1n) is 7.41. The molecule has 7 nitrogen and oxygen atoms in total. The number of carboxylic acid groups (broad SMARTS) is 1. The Morgan fingerprint density at radius 2 is 2.30 bits per heavy atom. The Kier molecular flexibility index (Phi) is 3.97. The maximum absolute atomic E-state index is 12.1. The van der Waals surface area contributed by atoms with Crippen molar-refractivity contribution in [3.05, 3.63) is 28.8 Å². The number of hydrogen-bond donors (Lipinski definition) is 1. The number of aromatic nitrogens is 2. The van der Waals surface area contributed by atoms with E-state index in [-0.39, 0.29) is 17.6 Å². The van der Waals surface area contributed by atoms with Gasteiger partial charge in [0.15, 0.2) is 0 Å². The van der Waals surface area contributed by atoms with Crippen molar-refractivity contribution in [2.24, 2.45) is 20.0 Å². The molecule has 0 aromatic carbocycles. The van der Waals surface area contributed by atoms with Crippen LogP contribution in [0.5, 0.6) is 0 Å². The van der Waals surface area contributed by atoms with Gasteiger partial charge >= 0.3 is 0 Å². The number of carbonyl (C=O) groups excluding carboxylic acids is 2. The molecule has 1 aromatic heterocycles. The van der Waals surface area contributed by atoms with Crippen LogP contribution >= 0.6 is 11.8 Å². The number of aliphatic hydroxyl groups is 1. The quantitative estimate of drug-likeness (QED) is 0.530. The predicted molar refractivity (Wildman–Crippen MR) is 80.3 cm³/mol. The second-order valence-corrected chi connectivity index (χ2v) is 7.10. The summed E-state index contributed by atoms with van der Waals surface area (Å²) < 4.78 is 3.94. The number of aryl methyl sites for hydroxylation is 2. The van der Waals surface area contributed by atoms with Gasteiger partial charge in [0.1, 0.15) is 12.4 Å². The first kappa shape index (κ1) is 16.1. The van der Waals surface area contributed by atoms with Crippen LogP contribution in [0.1, 0.15) is 19.2 Å². The summed E-state index contributed by atoms with van der Waals surface area (Å²) in [4.78, 5) is 25.5. The standard InChI is InChI=1S/C15H19N3O4S/c1-8(19)12-9-6-10(13(15(21)22)18(9)14(12)20)23-7-11-16(2)4-5-17(11)3/h4-5,8-9,12,19H,6-7H2,1-3H3/t8?,9?,12-/m1/s1. The van der Waals surface area contributed by atoms with Gasteiger partial charge in [-0.3, -0.25) is 4.79 Å². The zero-order valence-electron chi connectivity index (χ0n) is 13.2. The van der Waals surface area contributed by atoms with Gasteiger partial charge in [-0.15, -0.1) is 11.8 Å². The molecule has 2 aliphatic rings. The minimum atomic E-state index is -1.33. The van der Waals surface area contributed by atoms with Crippen molar-refractivity contribution in [1.82, 2.24) is 9.47 Å². The highest BCUT2D eigenvalue weighted by atomic mass is 32.2. The first-order chi connectivity index (χ1) is 10.8. The molecule has 2 unspecified atom stereocenters. The second kappa shape index (κ2) is 5.68. The van der Waals surface area contributed by atoms with Gasteiger partial charge in [0, 0.05) is 11.3 Å². The zero-order chi connectivity index (χ0) is 16.9. The summed E-state index contributed by atoms with van der Waals surface area (Å²) in [5.74, 6) is -0.547. The largest absolute Gasteiger partial charge is 0.543 e. The van der Waals surface area contributed by atoms with E-state index >= 15 is 0 Å². The lowest BCUT2D eigenvalue weighted by atomic mass is 9.83. The lowest BCUT2D eigenvalue weighted by Crippen LogP contribution is -2.62. The number of fused-ring (bicyclic) bond motifs is 1. The normalized spacial score (nSPS) is 24.7. The molecule has 1 amide bonds. The van der Waals surface area contributed by atoms with Crippen LogP contribution in [-0.2, 0) is 29.4 Å².